The smallest absolute Gasteiger partial charge is 1.00 e. The first kappa shape index (κ1) is 11.6. The fourth-order valence-electron chi connectivity index (χ4n) is 0.123. The van der Waals surface area contributed by atoms with Crippen molar-refractivity contribution in [1.29, 1.82) is 0 Å². The quantitative estimate of drug-likeness (QED) is 0.301. The Morgan fingerprint density at radius 2 is 2.43 bits per heavy atom. The third kappa shape index (κ3) is 11.4. The number of rotatable bonds is 1. The van der Waals surface area contributed by atoms with Gasteiger partial charge in [0.25, 0.3) is 0 Å². The second kappa shape index (κ2) is 7.79. The van der Waals surface area contributed by atoms with Crippen LogP contribution in [-0.4, -0.2) is 9.28 Å². The molecule has 0 aromatic heterocycles. The minimum atomic E-state index is 0. The third-order valence-corrected chi connectivity index (χ3v) is 1.54. The van der Waals surface area contributed by atoms with Crippen molar-refractivity contribution in [2.45, 2.75) is 6.92 Å². The first-order valence-corrected chi connectivity index (χ1v) is 3.47. The first-order chi connectivity index (χ1) is 2.77. The molecule has 0 radical (unpaired) electrons. The Morgan fingerprint density at radius 3 is 2.43 bits per heavy atom. The van der Waals surface area contributed by atoms with E-state index in [0.717, 1.165) is 9.28 Å². The van der Waals surface area contributed by atoms with Crippen LogP contribution in [0, 0.1) is 0 Å². The van der Waals surface area contributed by atoms with Gasteiger partial charge in [0, 0.05) is 0 Å². The molecule has 0 aliphatic heterocycles. The molecule has 0 N–H and O–H groups in total. The maximum Gasteiger partial charge on any atom is 1.00 e. The molecule has 0 nitrogen and oxygen atoms in total. The van der Waals surface area contributed by atoms with E-state index in [0.29, 0.717) is 0 Å². The van der Waals surface area contributed by atoms with E-state index in [1.54, 1.807) is 11.8 Å². The summed E-state index contributed by atoms with van der Waals surface area (Å²) in [4.78, 5) is 0. The Balaban J connectivity index is -0.000000125. The standard InChI is InChI=1S/C3H6S3.Na.H/c1-2-6-3(4)5;;/h2H2,1H3,(H,4,5);;/q;+1;-1. The molecular formula is C3H7NaS3. The predicted octanol–water partition coefficient (Wildman–Crippen LogP) is -0.929. The Hall–Kier alpha value is 1.79. The van der Waals surface area contributed by atoms with Crippen molar-refractivity contribution in [1.82, 2.24) is 0 Å². The molecule has 0 fully saturated rings. The van der Waals surface area contributed by atoms with Crippen molar-refractivity contribution in [2.75, 3.05) is 5.75 Å². The van der Waals surface area contributed by atoms with E-state index in [1.165, 1.54) is 0 Å². The van der Waals surface area contributed by atoms with Crippen molar-refractivity contribution in [3.8, 4) is 0 Å². The predicted molar refractivity (Wildman–Crippen MR) is 40.8 cm³/mol. The molecule has 4 heteroatoms. The molecule has 0 spiro atoms. The van der Waals surface area contributed by atoms with Gasteiger partial charge in [-0.3, -0.25) is 0 Å². The molecule has 0 aromatic rings. The average Bonchev–Trinajstić information content (AvgIpc) is 1.35. The van der Waals surface area contributed by atoms with Crippen LogP contribution in [-0.2, 0) is 0 Å². The van der Waals surface area contributed by atoms with Gasteiger partial charge in [-0.2, -0.15) is 0 Å². The molecule has 0 rings (SSSR count). The summed E-state index contributed by atoms with van der Waals surface area (Å²) in [6, 6.07) is 0. The SMILES string of the molecule is CCSC(=S)S.[H-].[Na+]. The van der Waals surface area contributed by atoms with Crippen molar-refractivity contribution in [3.05, 3.63) is 0 Å². The molecule has 0 amide bonds. The maximum atomic E-state index is 4.62. The average molecular weight is 162 g/mol. The fourth-order valence-corrected chi connectivity index (χ4v) is 1.11. The fraction of sp³-hybridized carbons (Fsp3) is 0.667. The second-order valence-corrected chi connectivity index (χ2v) is 3.69. The van der Waals surface area contributed by atoms with Crippen LogP contribution in [0.4, 0.5) is 0 Å². The molecule has 0 atom stereocenters. The Labute approximate surface area is 83.0 Å². The van der Waals surface area contributed by atoms with Gasteiger partial charge in [0.15, 0.2) is 0 Å². The van der Waals surface area contributed by atoms with Gasteiger partial charge in [-0.1, -0.05) is 19.1 Å². The third-order valence-electron chi connectivity index (χ3n) is 0.268. The molecular weight excluding hydrogens is 155 g/mol. The first-order valence-electron chi connectivity index (χ1n) is 1.63. The summed E-state index contributed by atoms with van der Waals surface area (Å²) in [5.74, 6) is 1.03. The monoisotopic (exact) mass is 162 g/mol. The van der Waals surface area contributed by atoms with E-state index >= 15 is 0 Å². The Bertz CT molecular complexity index is 58.5. The van der Waals surface area contributed by atoms with Crippen LogP contribution >= 0.6 is 36.6 Å². The topological polar surface area (TPSA) is 0 Å². The van der Waals surface area contributed by atoms with E-state index in [-0.39, 0.29) is 31.0 Å². The molecule has 0 bridgehead atoms. The van der Waals surface area contributed by atoms with Crippen LogP contribution in [0.5, 0.6) is 0 Å². The van der Waals surface area contributed by atoms with Crippen LogP contribution < -0.4 is 29.6 Å². The Morgan fingerprint density at radius 1 is 2.00 bits per heavy atom. The molecule has 0 saturated carbocycles. The summed E-state index contributed by atoms with van der Waals surface area (Å²) in [7, 11) is 0. The van der Waals surface area contributed by atoms with Crippen LogP contribution in [0.2, 0.25) is 0 Å². The molecule has 0 unspecified atom stereocenters. The Kier molecular flexibility index (Phi) is 12.9. The number of thioether (sulfide) groups is 1. The zero-order chi connectivity index (χ0) is 4.99. The van der Waals surface area contributed by atoms with Gasteiger partial charge in [0.05, 0.1) is 0 Å². The van der Waals surface area contributed by atoms with Crippen LogP contribution in [0.1, 0.15) is 8.35 Å². The van der Waals surface area contributed by atoms with Gasteiger partial charge in [-0.05, 0) is 5.75 Å². The number of thiocarbonyl (C=S) groups is 1. The van der Waals surface area contributed by atoms with Crippen molar-refractivity contribution < 1.29 is 31.0 Å². The van der Waals surface area contributed by atoms with E-state index in [4.69, 9.17) is 0 Å². The van der Waals surface area contributed by atoms with Crippen LogP contribution in [0.3, 0.4) is 0 Å². The van der Waals surface area contributed by atoms with E-state index < -0.39 is 0 Å². The summed E-state index contributed by atoms with van der Waals surface area (Å²) in [6.45, 7) is 2.05. The van der Waals surface area contributed by atoms with Crippen molar-refractivity contribution >= 4 is 40.1 Å². The van der Waals surface area contributed by atoms with Gasteiger partial charge in [-0.15, -0.1) is 24.4 Å². The largest absolute Gasteiger partial charge is 1.00 e. The van der Waals surface area contributed by atoms with Crippen LogP contribution in [0.25, 0.3) is 0 Å². The zero-order valence-electron chi connectivity index (χ0n) is 5.47. The molecule has 0 aliphatic rings. The summed E-state index contributed by atoms with van der Waals surface area (Å²) in [5.41, 5.74) is 0. The van der Waals surface area contributed by atoms with E-state index in [9.17, 15) is 0 Å². The molecule has 0 saturated heterocycles. The number of thiol groups is 1. The van der Waals surface area contributed by atoms with Crippen molar-refractivity contribution in [3.63, 3.8) is 0 Å². The molecule has 0 aliphatic carbocycles. The van der Waals surface area contributed by atoms with Gasteiger partial charge >= 0.3 is 29.6 Å². The summed E-state index contributed by atoms with van der Waals surface area (Å²) >= 11 is 10.1. The summed E-state index contributed by atoms with van der Waals surface area (Å²) in [6.07, 6.45) is 0. The number of hydrogen-bond donors (Lipinski definition) is 1. The van der Waals surface area contributed by atoms with Gasteiger partial charge in [0.1, 0.15) is 3.53 Å². The second-order valence-electron chi connectivity index (χ2n) is 0.699. The molecule has 0 heterocycles. The van der Waals surface area contributed by atoms with Gasteiger partial charge in [-0.25, -0.2) is 0 Å². The van der Waals surface area contributed by atoms with Gasteiger partial charge < -0.3 is 1.43 Å². The van der Waals surface area contributed by atoms with Gasteiger partial charge in [0.2, 0.25) is 0 Å². The summed E-state index contributed by atoms with van der Waals surface area (Å²) < 4.78 is 0.734. The summed E-state index contributed by atoms with van der Waals surface area (Å²) in [5, 5.41) is 0. The number of hydrogen-bond acceptors (Lipinski definition) is 2. The normalized spacial score (nSPS) is 7.14. The minimum absolute atomic E-state index is 0. The van der Waals surface area contributed by atoms with Crippen LogP contribution in [0.15, 0.2) is 0 Å². The molecule has 38 valence electrons. The van der Waals surface area contributed by atoms with Crippen molar-refractivity contribution in [2.24, 2.45) is 0 Å². The zero-order valence-corrected chi connectivity index (χ0v) is 9.00. The molecule has 0 aromatic carbocycles. The van der Waals surface area contributed by atoms with E-state index in [1.807, 2.05) is 6.92 Å². The maximum absolute atomic E-state index is 4.62. The minimum Gasteiger partial charge on any atom is -1.00 e. The van der Waals surface area contributed by atoms with E-state index in [2.05, 4.69) is 24.8 Å². The molecule has 7 heavy (non-hydrogen) atoms.